The molecule has 0 fully saturated rings. The Balaban J connectivity index is 1.81. The molecule has 0 aliphatic rings. The molecular weight excluding hydrogens is 348 g/mol. The highest BCUT2D eigenvalue weighted by atomic mass is 16.5. The monoisotopic (exact) mass is 368 g/mol. The lowest BCUT2D eigenvalue weighted by molar-refractivity contribution is 0.0458. The molecule has 1 N–H and O–H groups in total. The lowest BCUT2D eigenvalue weighted by Crippen LogP contribution is -2.11. The number of pyridine rings is 2. The number of carbonyl (C=O) groups is 1. The van der Waals surface area contributed by atoms with Crippen molar-refractivity contribution in [3.05, 3.63) is 48.4 Å². The zero-order valence-electron chi connectivity index (χ0n) is 15.3. The molecule has 0 bridgehead atoms. The van der Waals surface area contributed by atoms with Gasteiger partial charge < -0.3 is 14.6 Å². The van der Waals surface area contributed by atoms with Crippen LogP contribution in [0.5, 0.6) is 11.8 Å². The third kappa shape index (κ3) is 4.05. The number of nitrogens with zero attached hydrogens (tertiary/aromatic N) is 4. The van der Waals surface area contributed by atoms with Crippen LogP contribution in [0.4, 0.5) is 0 Å². The highest BCUT2D eigenvalue weighted by molar-refractivity contribution is 5.89. The Morgan fingerprint density at radius 2 is 1.96 bits per heavy atom. The zero-order chi connectivity index (χ0) is 19.4. The first-order valence-electron chi connectivity index (χ1n) is 8.40. The van der Waals surface area contributed by atoms with Gasteiger partial charge in [-0.05, 0) is 24.1 Å². The summed E-state index contributed by atoms with van der Waals surface area (Å²) in [6.07, 6.45) is 4.50. The summed E-state index contributed by atoms with van der Waals surface area (Å²) in [4.78, 5) is 20.3. The minimum absolute atomic E-state index is 0.0791. The van der Waals surface area contributed by atoms with Crippen LogP contribution in [-0.2, 0) is 4.74 Å². The quantitative estimate of drug-likeness (QED) is 0.668. The van der Waals surface area contributed by atoms with E-state index in [1.807, 2.05) is 13.8 Å². The first-order chi connectivity index (χ1) is 13.0. The van der Waals surface area contributed by atoms with Crippen molar-refractivity contribution < 1.29 is 19.4 Å². The molecule has 0 aliphatic heterocycles. The van der Waals surface area contributed by atoms with Gasteiger partial charge in [-0.1, -0.05) is 13.8 Å². The van der Waals surface area contributed by atoms with E-state index >= 15 is 0 Å². The summed E-state index contributed by atoms with van der Waals surface area (Å²) >= 11 is 0. The molecule has 3 aromatic heterocycles. The van der Waals surface area contributed by atoms with Crippen molar-refractivity contribution >= 4 is 5.97 Å². The lowest BCUT2D eigenvalue weighted by atomic mass is 10.1. The van der Waals surface area contributed by atoms with Crippen molar-refractivity contribution in [2.24, 2.45) is 5.92 Å². The van der Waals surface area contributed by atoms with Crippen LogP contribution < -0.4 is 4.74 Å². The number of rotatable bonds is 6. The fraction of sp³-hybridized carbons (Fsp3) is 0.263. The molecule has 3 heterocycles. The van der Waals surface area contributed by atoms with Crippen LogP contribution in [-0.4, -0.2) is 44.5 Å². The van der Waals surface area contributed by atoms with Crippen molar-refractivity contribution in [1.82, 2.24) is 19.7 Å². The first kappa shape index (κ1) is 18.4. The minimum Gasteiger partial charge on any atom is -0.493 e. The van der Waals surface area contributed by atoms with Crippen molar-refractivity contribution in [2.45, 2.75) is 13.8 Å². The van der Waals surface area contributed by atoms with Gasteiger partial charge in [0.05, 0.1) is 31.0 Å². The Kier molecular flexibility index (Phi) is 5.35. The van der Waals surface area contributed by atoms with E-state index in [4.69, 9.17) is 9.47 Å². The Morgan fingerprint density at radius 3 is 2.56 bits per heavy atom. The number of carbonyl (C=O) groups excluding carboxylic acids is 1. The Morgan fingerprint density at radius 1 is 1.15 bits per heavy atom. The van der Waals surface area contributed by atoms with Gasteiger partial charge in [0.15, 0.2) is 5.82 Å². The number of hydrogen-bond acceptors (Lipinski definition) is 7. The molecular formula is C19H20N4O4. The predicted octanol–water partition coefficient (Wildman–Crippen LogP) is 2.86. The number of esters is 1. The first-order valence-corrected chi connectivity index (χ1v) is 8.40. The Hall–Kier alpha value is -3.42. The topological polar surface area (TPSA) is 99.4 Å². The highest BCUT2D eigenvalue weighted by Gasteiger charge is 2.15. The van der Waals surface area contributed by atoms with Gasteiger partial charge in [-0.3, -0.25) is 0 Å². The third-order valence-corrected chi connectivity index (χ3v) is 3.75. The lowest BCUT2D eigenvalue weighted by Gasteiger charge is -2.08. The van der Waals surface area contributed by atoms with Gasteiger partial charge in [-0.2, -0.15) is 9.78 Å². The van der Waals surface area contributed by atoms with E-state index in [0.29, 0.717) is 35.0 Å². The second-order valence-electron chi connectivity index (χ2n) is 6.28. The van der Waals surface area contributed by atoms with Crippen LogP contribution in [0.15, 0.2) is 42.9 Å². The molecule has 8 heteroatoms. The molecule has 0 saturated carbocycles. The minimum atomic E-state index is -0.433. The summed E-state index contributed by atoms with van der Waals surface area (Å²) in [5.74, 6) is 0.600. The molecule has 3 aromatic rings. The number of hydrogen-bond donors (Lipinski definition) is 1. The number of ether oxygens (including phenoxy) is 2. The van der Waals surface area contributed by atoms with Gasteiger partial charge in [0, 0.05) is 24.0 Å². The average Bonchev–Trinajstić information content (AvgIpc) is 3.07. The van der Waals surface area contributed by atoms with Gasteiger partial charge in [0.2, 0.25) is 11.8 Å². The zero-order valence-corrected chi connectivity index (χ0v) is 15.3. The summed E-state index contributed by atoms with van der Waals surface area (Å²) in [6.45, 7) is 4.27. The molecule has 8 nitrogen and oxygen atoms in total. The second-order valence-corrected chi connectivity index (χ2v) is 6.28. The van der Waals surface area contributed by atoms with Crippen LogP contribution in [0.25, 0.3) is 16.9 Å². The fourth-order valence-corrected chi connectivity index (χ4v) is 2.33. The highest BCUT2D eigenvalue weighted by Crippen LogP contribution is 2.30. The molecule has 140 valence electrons. The van der Waals surface area contributed by atoms with Gasteiger partial charge in [-0.15, -0.1) is 0 Å². The smallest absolute Gasteiger partial charge is 0.339 e. The number of methoxy groups -OCH3 is 1. The van der Waals surface area contributed by atoms with Crippen molar-refractivity contribution in [3.63, 3.8) is 0 Å². The van der Waals surface area contributed by atoms with Crippen molar-refractivity contribution in [1.29, 1.82) is 0 Å². The van der Waals surface area contributed by atoms with Crippen LogP contribution in [0.3, 0.4) is 0 Å². The maximum atomic E-state index is 12.0. The van der Waals surface area contributed by atoms with Gasteiger partial charge >= 0.3 is 5.97 Å². The number of aromatic nitrogens is 4. The molecule has 0 radical (unpaired) electrons. The van der Waals surface area contributed by atoms with E-state index in [-0.39, 0.29) is 11.8 Å². The Labute approximate surface area is 156 Å². The summed E-state index contributed by atoms with van der Waals surface area (Å²) in [5, 5.41) is 14.7. The van der Waals surface area contributed by atoms with E-state index in [9.17, 15) is 9.90 Å². The van der Waals surface area contributed by atoms with Crippen molar-refractivity contribution in [2.75, 3.05) is 13.7 Å². The maximum Gasteiger partial charge on any atom is 0.339 e. The standard InChI is InChI=1S/C19H20N4O4/c1-12(2)11-27-19(25)14-4-6-16(20-9-14)23-18(24)15(10-22-23)13-5-7-17(26-3)21-8-13/h4-10,12,24H,11H2,1-3H3. The van der Waals surface area contributed by atoms with E-state index < -0.39 is 5.97 Å². The number of aromatic hydroxyl groups is 1. The van der Waals surface area contributed by atoms with Crippen LogP contribution >= 0.6 is 0 Å². The van der Waals surface area contributed by atoms with E-state index in [2.05, 4.69) is 15.1 Å². The average molecular weight is 368 g/mol. The summed E-state index contributed by atoms with van der Waals surface area (Å²) in [7, 11) is 1.53. The molecule has 0 unspecified atom stereocenters. The van der Waals surface area contributed by atoms with Gasteiger partial charge in [0.1, 0.15) is 0 Å². The predicted molar refractivity (Wildman–Crippen MR) is 97.9 cm³/mol. The molecule has 0 spiro atoms. The molecule has 0 aliphatic carbocycles. The van der Waals surface area contributed by atoms with Crippen LogP contribution in [0.2, 0.25) is 0 Å². The molecule has 27 heavy (non-hydrogen) atoms. The maximum absolute atomic E-state index is 12.0. The summed E-state index contributed by atoms with van der Waals surface area (Å²) in [5.41, 5.74) is 1.53. The molecule has 3 rings (SSSR count). The van der Waals surface area contributed by atoms with Crippen LogP contribution in [0.1, 0.15) is 24.2 Å². The van der Waals surface area contributed by atoms with E-state index in [0.717, 1.165) is 0 Å². The summed E-state index contributed by atoms with van der Waals surface area (Å²) in [6, 6.07) is 6.64. The molecule has 0 saturated heterocycles. The van der Waals surface area contributed by atoms with Crippen molar-refractivity contribution in [3.8, 4) is 28.7 Å². The molecule has 0 aromatic carbocycles. The van der Waals surface area contributed by atoms with Gasteiger partial charge in [0.25, 0.3) is 0 Å². The molecule has 0 amide bonds. The van der Waals surface area contributed by atoms with Crippen LogP contribution in [0, 0.1) is 5.92 Å². The summed E-state index contributed by atoms with van der Waals surface area (Å²) < 4.78 is 11.5. The second kappa shape index (κ2) is 7.86. The SMILES string of the molecule is COc1ccc(-c2cnn(-c3ccc(C(=O)OCC(C)C)cn3)c2O)cn1. The van der Waals surface area contributed by atoms with E-state index in [1.165, 1.54) is 24.2 Å². The van der Waals surface area contributed by atoms with Gasteiger partial charge in [-0.25, -0.2) is 14.8 Å². The largest absolute Gasteiger partial charge is 0.493 e. The normalized spacial score (nSPS) is 10.8. The molecule has 0 atom stereocenters. The third-order valence-electron chi connectivity index (χ3n) is 3.75. The fourth-order valence-electron chi connectivity index (χ4n) is 2.33. The Bertz CT molecular complexity index is 918. The van der Waals surface area contributed by atoms with E-state index in [1.54, 1.807) is 30.5 Å².